The van der Waals surface area contributed by atoms with Crippen LogP contribution >= 0.6 is 46.0 Å². The van der Waals surface area contributed by atoms with Crippen LogP contribution in [0.1, 0.15) is 17.9 Å². The average Bonchev–Trinajstić information content (AvgIpc) is 3.21. The molecule has 1 N–H and O–H groups in total. The Morgan fingerprint density at radius 2 is 1.88 bits per heavy atom. The molecule has 3 aromatic carbocycles. The number of rotatable bonds is 8. The minimum absolute atomic E-state index is 0.0307. The predicted octanol–water partition coefficient (Wildman–Crippen LogP) is 6.14. The van der Waals surface area contributed by atoms with Crippen molar-refractivity contribution in [2.45, 2.75) is 12.3 Å². The maximum Gasteiger partial charge on any atom is 0.262 e. The van der Waals surface area contributed by atoms with Gasteiger partial charge in [-0.25, -0.2) is 0 Å². The predicted molar refractivity (Wildman–Crippen MR) is 145 cm³/mol. The molecule has 1 fully saturated rings. The van der Waals surface area contributed by atoms with E-state index >= 15 is 0 Å². The molecule has 1 atom stereocenters. The van der Waals surface area contributed by atoms with Gasteiger partial charge in [0, 0.05) is 16.4 Å². The van der Waals surface area contributed by atoms with Gasteiger partial charge in [-0.05, 0) is 83.6 Å². The third kappa shape index (κ3) is 5.79. The Hall–Kier alpha value is -2.43. The van der Waals surface area contributed by atoms with Crippen molar-refractivity contribution in [3.8, 4) is 11.5 Å². The van der Waals surface area contributed by atoms with Crippen LogP contribution in [0.5, 0.6) is 11.5 Å². The number of para-hydroxylation sites is 1. The molecular weight excluding hydrogens is 587 g/mol. The molecule has 9 heteroatoms. The van der Waals surface area contributed by atoms with Crippen LogP contribution in [-0.2, 0) is 9.59 Å². The molecule has 1 heterocycles. The number of ether oxygens (including phenoxy) is 2. The molecule has 6 nitrogen and oxygen atoms in total. The van der Waals surface area contributed by atoms with Gasteiger partial charge in [0.25, 0.3) is 5.91 Å². The number of nitrogens with one attached hydrogen (secondary N) is 1. The zero-order valence-electron chi connectivity index (χ0n) is 18.3. The van der Waals surface area contributed by atoms with E-state index in [2.05, 4.69) is 27.9 Å². The van der Waals surface area contributed by atoms with Gasteiger partial charge in [-0.2, -0.15) is 0 Å². The molecule has 0 radical (unpaired) electrons. The smallest absolute Gasteiger partial charge is 0.262 e. The lowest BCUT2D eigenvalue weighted by Crippen LogP contribution is -2.27. The molecule has 0 aromatic heterocycles. The molecular formula is C25H22ClIN2O4S. The van der Waals surface area contributed by atoms with Crippen molar-refractivity contribution in [3.63, 3.8) is 0 Å². The molecule has 0 saturated carbocycles. The number of halogens is 2. The summed E-state index contributed by atoms with van der Waals surface area (Å²) in [6.07, 6.45) is 0. The quantitative estimate of drug-likeness (QED) is 0.311. The molecule has 0 aliphatic carbocycles. The van der Waals surface area contributed by atoms with E-state index < -0.39 is 0 Å². The van der Waals surface area contributed by atoms with Crippen molar-refractivity contribution in [1.29, 1.82) is 0 Å². The lowest BCUT2D eigenvalue weighted by atomic mass is 10.1. The van der Waals surface area contributed by atoms with Crippen molar-refractivity contribution in [1.82, 2.24) is 0 Å². The molecule has 176 valence electrons. The molecule has 1 aliphatic heterocycles. The first-order valence-corrected chi connectivity index (χ1v) is 13.1. The van der Waals surface area contributed by atoms with Crippen molar-refractivity contribution in [3.05, 3.63) is 80.9 Å². The first-order chi connectivity index (χ1) is 16.5. The van der Waals surface area contributed by atoms with Crippen LogP contribution in [0.25, 0.3) is 0 Å². The van der Waals surface area contributed by atoms with Gasteiger partial charge in [-0.3, -0.25) is 14.5 Å². The van der Waals surface area contributed by atoms with Crippen LogP contribution in [0.15, 0.2) is 66.7 Å². The second-order valence-electron chi connectivity index (χ2n) is 7.37. The van der Waals surface area contributed by atoms with E-state index in [0.29, 0.717) is 34.6 Å². The topological polar surface area (TPSA) is 67.9 Å². The van der Waals surface area contributed by atoms with Gasteiger partial charge in [-0.15, -0.1) is 11.8 Å². The molecule has 1 aliphatic rings. The van der Waals surface area contributed by atoms with Crippen LogP contribution in [-0.4, -0.2) is 30.8 Å². The van der Waals surface area contributed by atoms with Crippen molar-refractivity contribution >= 4 is 69.1 Å². The van der Waals surface area contributed by atoms with E-state index in [1.807, 2.05) is 61.5 Å². The number of benzene rings is 3. The Morgan fingerprint density at radius 3 is 2.59 bits per heavy atom. The number of thioether (sulfide) groups is 1. The van der Waals surface area contributed by atoms with Gasteiger partial charge in [0.15, 0.2) is 18.1 Å². The largest absolute Gasteiger partial charge is 0.490 e. The van der Waals surface area contributed by atoms with Gasteiger partial charge in [0.1, 0.15) is 5.37 Å². The lowest BCUT2D eigenvalue weighted by Gasteiger charge is -2.25. The fraction of sp³-hybridized carbons (Fsp3) is 0.200. The van der Waals surface area contributed by atoms with Crippen molar-refractivity contribution in [2.24, 2.45) is 0 Å². The summed E-state index contributed by atoms with van der Waals surface area (Å²) in [7, 11) is 0. The normalized spacial score (nSPS) is 15.3. The van der Waals surface area contributed by atoms with Crippen molar-refractivity contribution in [2.75, 3.05) is 29.2 Å². The zero-order valence-corrected chi connectivity index (χ0v) is 22.0. The molecule has 0 spiro atoms. The molecule has 34 heavy (non-hydrogen) atoms. The van der Waals surface area contributed by atoms with Crippen LogP contribution < -0.4 is 19.7 Å². The maximum atomic E-state index is 12.7. The van der Waals surface area contributed by atoms with E-state index in [9.17, 15) is 9.59 Å². The van der Waals surface area contributed by atoms with E-state index in [4.69, 9.17) is 21.1 Å². The Morgan fingerprint density at radius 1 is 1.15 bits per heavy atom. The summed E-state index contributed by atoms with van der Waals surface area (Å²) in [6.45, 7) is 2.17. The number of hydrogen-bond acceptors (Lipinski definition) is 5. The Labute approximate surface area is 221 Å². The molecule has 0 unspecified atom stereocenters. The summed E-state index contributed by atoms with van der Waals surface area (Å²) in [6, 6.07) is 20.3. The lowest BCUT2D eigenvalue weighted by molar-refractivity contribution is -0.118. The van der Waals surface area contributed by atoms with Gasteiger partial charge in [0.2, 0.25) is 5.91 Å². The second kappa shape index (κ2) is 11.3. The van der Waals surface area contributed by atoms with E-state index in [-0.39, 0.29) is 23.8 Å². The minimum atomic E-state index is -0.264. The van der Waals surface area contributed by atoms with Gasteiger partial charge in [-0.1, -0.05) is 29.8 Å². The fourth-order valence-electron chi connectivity index (χ4n) is 3.54. The number of nitrogens with zero attached hydrogens (tertiary/aromatic N) is 1. The van der Waals surface area contributed by atoms with Crippen LogP contribution in [0.4, 0.5) is 11.4 Å². The molecule has 3 aromatic rings. The van der Waals surface area contributed by atoms with Crippen LogP contribution in [0.3, 0.4) is 0 Å². The van der Waals surface area contributed by atoms with E-state index in [0.717, 1.165) is 14.8 Å². The minimum Gasteiger partial charge on any atom is -0.490 e. The number of carbonyl (C=O) groups is 2. The summed E-state index contributed by atoms with van der Waals surface area (Å²) >= 11 is 9.75. The van der Waals surface area contributed by atoms with Gasteiger partial charge >= 0.3 is 0 Å². The summed E-state index contributed by atoms with van der Waals surface area (Å²) < 4.78 is 12.5. The summed E-state index contributed by atoms with van der Waals surface area (Å²) in [4.78, 5) is 26.8. The number of anilines is 2. The first kappa shape index (κ1) is 24.7. The molecule has 4 rings (SSSR count). The third-order valence-corrected chi connectivity index (χ3v) is 7.26. The Bertz CT molecular complexity index is 1180. The molecule has 1 saturated heterocycles. The van der Waals surface area contributed by atoms with E-state index in [1.54, 1.807) is 28.8 Å². The van der Waals surface area contributed by atoms with Crippen LogP contribution in [0, 0.1) is 3.57 Å². The standard InChI is InChI=1S/C25H22ClIN2O4S/c1-2-32-21-13-16(25-29(23(31)15-34-25)19-10-8-17(26)9-11-19)12-20(27)24(21)33-14-22(30)28-18-6-4-3-5-7-18/h3-13,25H,2,14-15H2,1H3,(H,28,30)/t25-/m0/s1. The monoisotopic (exact) mass is 608 g/mol. The fourth-order valence-corrected chi connectivity index (χ4v) is 5.60. The highest BCUT2D eigenvalue weighted by Crippen LogP contribution is 2.45. The van der Waals surface area contributed by atoms with Gasteiger partial charge < -0.3 is 14.8 Å². The Balaban J connectivity index is 1.56. The van der Waals surface area contributed by atoms with Crippen LogP contribution in [0.2, 0.25) is 5.02 Å². The number of amides is 2. The zero-order chi connectivity index (χ0) is 24.1. The summed E-state index contributed by atoms with van der Waals surface area (Å²) in [5, 5.41) is 3.21. The van der Waals surface area contributed by atoms with Gasteiger partial charge in [0.05, 0.1) is 15.9 Å². The van der Waals surface area contributed by atoms with Crippen molar-refractivity contribution < 1.29 is 19.1 Å². The first-order valence-electron chi connectivity index (χ1n) is 10.6. The maximum absolute atomic E-state index is 12.7. The number of carbonyl (C=O) groups excluding carboxylic acids is 2. The van der Waals surface area contributed by atoms with E-state index in [1.165, 1.54) is 0 Å². The molecule has 0 bridgehead atoms. The highest BCUT2D eigenvalue weighted by atomic mass is 127. The second-order valence-corrected chi connectivity index (χ2v) is 10.0. The summed E-state index contributed by atoms with van der Waals surface area (Å²) in [5.41, 5.74) is 2.41. The summed E-state index contributed by atoms with van der Waals surface area (Å²) in [5.74, 6) is 1.18. The average molecular weight is 609 g/mol. The highest BCUT2D eigenvalue weighted by molar-refractivity contribution is 14.1. The third-order valence-electron chi connectivity index (χ3n) is 4.99. The SMILES string of the molecule is CCOc1cc([C@@H]2SCC(=O)N2c2ccc(Cl)cc2)cc(I)c1OCC(=O)Nc1ccccc1. The Kier molecular flexibility index (Phi) is 8.23. The molecule has 2 amide bonds. The highest BCUT2D eigenvalue weighted by Gasteiger charge is 2.35. The number of hydrogen-bond donors (Lipinski definition) is 1.